The smallest absolute Gasteiger partial charge is 0.120 e. The van der Waals surface area contributed by atoms with Crippen LogP contribution < -0.4 is 4.74 Å². The van der Waals surface area contributed by atoms with Crippen molar-refractivity contribution >= 4 is 0 Å². The zero-order valence-corrected chi connectivity index (χ0v) is 12.0. The van der Waals surface area contributed by atoms with E-state index in [9.17, 15) is 5.11 Å². The van der Waals surface area contributed by atoms with Gasteiger partial charge in [0.25, 0.3) is 0 Å². The molecule has 0 amide bonds. The van der Waals surface area contributed by atoms with Crippen molar-refractivity contribution in [3.05, 3.63) is 65.2 Å². The van der Waals surface area contributed by atoms with Crippen LogP contribution >= 0.6 is 0 Å². The van der Waals surface area contributed by atoms with Crippen LogP contribution in [0.2, 0.25) is 0 Å². The lowest BCUT2D eigenvalue weighted by Crippen LogP contribution is -2.08. The molecule has 2 aliphatic rings. The lowest BCUT2D eigenvalue weighted by Gasteiger charge is -2.20. The summed E-state index contributed by atoms with van der Waals surface area (Å²) in [5, 5.41) is 10.8. The molecule has 0 aliphatic heterocycles. The van der Waals surface area contributed by atoms with Crippen LogP contribution in [-0.4, -0.2) is 11.2 Å². The summed E-state index contributed by atoms with van der Waals surface area (Å²) < 4.78 is 5.84. The molecule has 2 nitrogen and oxygen atoms in total. The molecule has 2 atom stereocenters. The molecule has 0 bridgehead atoms. The first-order valence-electron chi connectivity index (χ1n) is 7.84. The lowest BCUT2D eigenvalue weighted by atomic mass is 9.90. The molecule has 1 saturated carbocycles. The van der Waals surface area contributed by atoms with E-state index in [0.717, 1.165) is 37.0 Å². The van der Waals surface area contributed by atoms with Crippen LogP contribution in [0, 0.1) is 0 Å². The van der Waals surface area contributed by atoms with Gasteiger partial charge in [-0.3, -0.25) is 0 Å². The number of ether oxygens (including phenoxy) is 1. The van der Waals surface area contributed by atoms with Gasteiger partial charge in [-0.25, -0.2) is 0 Å². The Morgan fingerprint density at radius 3 is 2.71 bits per heavy atom. The molecule has 2 aromatic rings. The fourth-order valence-corrected chi connectivity index (χ4v) is 3.30. The highest BCUT2D eigenvalue weighted by atomic mass is 16.5. The monoisotopic (exact) mass is 280 g/mol. The first-order valence-corrected chi connectivity index (χ1v) is 7.84. The van der Waals surface area contributed by atoms with Crippen molar-refractivity contribution in [1.29, 1.82) is 0 Å². The van der Waals surface area contributed by atoms with Gasteiger partial charge in [0, 0.05) is 5.92 Å². The first-order chi connectivity index (χ1) is 10.3. The summed E-state index contributed by atoms with van der Waals surface area (Å²) in [6, 6.07) is 16.5. The van der Waals surface area contributed by atoms with Crippen LogP contribution in [0.15, 0.2) is 48.5 Å². The van der Waals surface area contributed by atoms with Crippen LogP contribution in [-0.2, 0) is 6.42 Å². The third-order valence-corrected chi connectivity index (χ3v) is 4.59. The normalized spacial score (nSPS) is 21.9. The molecule has 0 saturated heterocycles. The van der Waals surface area contributed by atoms with Crippen molar-refractivity contribution in [2.75, 3.05) is 0 Å². The summed E-state index contributed by atoms with van der Waals surface area (Å²) in [5.74, 6) is 1.10. The van der Waals surface area contributed by atoms with E-state index in [2.05, 4.69) is 24.3 Å². The van der Waals surface area contributed by atoms with E-state index in [1.54, 1.807) is 0 Å². The van der Waals surface area contributed by atoms with Crippen molar-refractivity contribution < 1.29 is 9.84 Å². The average Bonchev–Trinajstić information content (AvgIpc) is 3.23. The zero-order chi connectivity index (χ0) is 14.2. The quantitative estimate of drug-likeness (QED) is 0.917. The topological polar surface area (TPSA) is 29.5 Å². The molecular weight excluding hydrogens is 260 g/mol. The number of fused-ring (bicyclic) bond motifs is 1. The maximum Gasteiger partial charge on any atom is 0.120 e. The number of aliphatic hydroxyl groups excluding tert-OH is 1. The lowest BCUT2D eigenvalue weighted by molar-refractivity contribution is 0.144. The SMILES string of the molecule is OC(c1cccc(OC2CC2)c1)C1CCc2ccccc21. The van der Waals surface area contributed by atoms with Gasteiger partial charge in [-0.05, 0) is 54.5 Å². The molecular formula is C19H20O2. The van der Waals surface area contributed by atoms with Crippen LogP contribution in [0.25, 0.3) is 0 Å². The van der Waals surface area contributed by atoms with Gasteiger partial charge >= 0.3 is 0 Å². The van der Waals surface area contributed by atoms with Gasteiger partial charge in [0.1, 0.15) is 5.75 Å². The number of aryl methyl sites for hydroxylation is 1. The van der Waals surface area contributed by atoms with Crippen LogP contribution in [0.3, 0.4) is 0 Å². The average molecular weight is 280 g/mol. The molecule has 2 unspecified atom stereocenters. The predicted molar refractivity (Wildman–Crippen MR) is 82.6 cm³/mol. The van der Waals surface area contributed by atoms with Crippen molar-refractivity contribution in [1.82, 2.24) is 0 Å². The van der Waals surface area contributed by atoms with E-state index in [-0.39, 0.29) is 5.92 Å². The van der Waals surface area contributed by atoms with Gasteiger partial charge in [0.2, 0.25) is 0 Å². The van der Waals surface area contributed by atoms with E-state index in [1.165, 1.54) is 11.1 Å². The third-order valence-electron chi connectivity index (χ3n) is 4.59. The fraction of sp³-hybridized carbons (Fsp3) is 0.368. The van der Waals surface area contributed by atoms with Gasteiger partial charge in [0.05, 0.1) is 12.2 Å². The minimum atomic E-state index is -0.448. The second-order valence-corrected chi connectivity index (χ2v) is 6.18. The number of benzene rings is 2. The van der Waals surface area contributed by atoms with E-state index in [0.29, 0.717) is 6.10 Å². The number of aliphatic hydroxyl groups is 1. The van der Waals surface area contributed by atoms with Gasteiger partial charge in [-0.15, -0.1) is 0 Å². The first kappa shape index (κ1) is 12.9. The van der Waals surface area contributed by atoms with Gasteiger partial charge in [-0.1, -0.05) is 36.4 Å². The van der Waals surface area contributed by atoms with E-state index < -0.39 is 6.10 Å². The molecule has 2 aromatic carbocycles. The molecule has 2 aliphatic carbocycles. The van der Waals surface area contributed by atoms with Crippen LogP contribution in [0.5, 0.6) is 5.75 Å². The van der Waals surface area contributed by atoms with Crippen molar-refractivity contribution in [2.45, 2.75) is 43.8 Å². The highest BCUT2D eigenvalue weighted by molar-refractivity contribution is 5.39. The predicted octanol–water partition coefficient (Wildman–Crippen LogP) is 3.99. The Balaban J connectivity index is 1.58. The molecule has 108 valence electrons. The maximum absolute atomic E-state index is 10.8. The summed E-state index contributed by atoms with van der Waals surface area (Å²) in [7, 11) is 0. The second kappa shape index (κ2) is 5.19. The Kier molecular flexibility index (Phi) is 3.19. The Labute approximate surface area is 125 Å². The number of hydrogen-bond acceptors (Lipinski definition) is 2. The van der Waals surface area contributed by atoms with Gasteiger partial charge in [-0.2, -0.15) is 0 Å². The molecule has 1 fully saturated rings. The third kappa shape index (κ3) is 2.56. The molecule has 0 aromatic heterocycles. The zero-order valence-electron chi connectivity index (χ0n) is 12.0. The summed E-state index contributed by atoms with van der Waals surface area (Å²) in [5.41, 5.74) is 3.65. The van der Waals surface area contributed by atoms with Crippen LogP contribution in [0.4, 0.5) is 0 Å². The van der Waals surface area contributed by atoms with E-state index in [1.807, 2.05) is 24.3 Å². The van der Waals surface area contributed by atoms with Gasteiger partial charge < -0.3 is 9.84 Å². The molecule has 0 radical (unpaired) electrons. The largest absolute Gasteiger partial charge is 0.490 e. The Morgan fingerprint density at radius 2 is 1.86 bits per heavy atom. The van der Waals surface area contributed by atoms with Crippen LogP contribution in [0.1, 0.15) is 48.0 Å². The highest BCUT2D eigenvalue weighted by Gasteiger charge is 2.30. The molecule has 21 heavy (non-hydrogen) atoms. The van der Waals surface area contributed by atoms with Crippen molar-refractivity contribution in [2.24, 2.45) is 0 Å². The molecule has 0 spiro atoms. The Hall–Kier alpha value is -1.80. The highest BCUT2D eigenvalue weighted by Crippen LogP contribution is 2.42. The Morgan fingerprint density at radius 1 is 1.00 bits per heavy atom. The Bertz CT molecular complexity index is 646. The van der Waals surface area contributed by atoms with E-state index >= 15 is 0 Å². The fourth-order valence-electron chi connectivity index (χ4n) is 3.30. The number of rotatable bonds is 4. The summed E-state index contributed by atoms with van der Waals surface area (Å²) in [6.45, 7) is 0. The summed E-state index contributed by atoms with van der Waals surface area (Å²) >= 11 is 0. The van der Waals surface area contributed by atoms with E-state index in [4.69, 9.17) is 4.74 Å². The molecule has 0 heterocycles. The van der Waals surface area contributed by atoms with Crippen molar-refractivity contribution in [3.63, 3.8) is 0 Å². The second-order valence-electron chi connectivity index (χ2n) is 6.18. The molecule has 4 rings (SSSR count). The standard InChI is InChI=1S/C19H20O2/c20-19(18-11-8-13-4-1-2-7-17(13)18)14-5-3-6-16(12-14)21-15-9-10-15/h1-7,12,15,18-20H,8-11H2. The molecule has 1 N–H and O–H groups in total. The van der Waals surface area contributed by atoms with Crippen molar-refractivity contribution in [3.8, 4) is 5.75 Å². The minimum Gasteiger partial charge on any atom is -0.490 e. The molecule has 2 heteroatoms. The summed E-state index contributed by atoms with van der Waals surface area (Å²) in [6.07, 6.45) is 4.34. The maximum atomic E-state index is 10.8. The summed E-state index contributed by atoms with van der Waals surface area (Å²) in [4.78, 5) is 0. The van der Waals surface area contributed by atoms with Gasteiger partial charge in [0.15, 0.2) is 0 Å². The minimum absolute atomic E-state index is 0.206. The number of hydrogen-bond donors (Lipinski definition) is 1.